The molecule has 1 aromatic carbocycles. The van der Waals surface area contributed by atoms with Crippen molar-refractivity contribution in [1.82, 2.24) is 10.6 Å². The standard InChI is InChI=1S/C20H30FN3O3/c1-4-26-19(25)15-5-9-17(10-6-15)24-20(22-3)23-13-14(2)27-18-11-7-16(21)8-12-18/h7-8,11-12,14-15,17H,4-6,9-10,13H2,1-3H3,(H2,22,23,24). The van der Waals surface area contributed by atoms with E-state index >= 15 is 0 Å². The number of rotatable bonds is 7. The second-order valence-corrected chi connectivity index (χ2v) is 6.78. The van der Waals surface area contributed by atoms with Crippen LogP contribution in [0.3, 0.4) is 0 Å². The lowest BCUT2D eigenvalue weighted by Gasteiger charge is -2.29. The third-order valence-electron chi connectivity index (χ3n) is 4.62. The van der Waals surface area contributed by atoms with Crippen LogP contribution in [0.15, 0.2) is 29.3 Å². The van der Waals surface area contributed by atoms with E-state index < -0.39 is 0 Å². The van der Waals surface area contributed by atoms with E-state index in [1.54, 1.807) is 19.2 Å². The van der Waals surface area contributed by atoms with Crippen molar-refractivity contribution in [3.8, 4) is 5.75 Å². The monoisotopic (exact) mass is 379 g/mol. The molecule has 1 atom stereocenters. The van der Waals surface area contributed by atoms with Crippen molar-refractivity contribution in [2.24, 2.45) is 10.9 Å². The van der Waals surface area contributed by atoms with Gasteiger partial charge in [0.25, 0.3) is 0 Å². The summed E-state index contributed by atoms with van der Waals surface area (Å²) in [4.78, 5) is 16.1. The Bertz CT molecular complexity index is 613. The highest BCUT2D eigenvalue weighted by atomic mass is 19.1. The average molecular weight is 379 g/mol. The number of carbonyl (C=O) groups excluding carboxylic acids is 1. The van der Waals surface area contributed by atoms with Crippen molar-refractivity contribution < 1.29 is 18.7 Å². The molecule has 0 spiro atoms. The summed E-state index contributed by atoms with van der Waals surface area (Å²) in [5.74, 6) is 0.998. The number of hydrogen-bond acceptors (Lipinski definition) is 4. The molecule has 0 heterocycles. The Labute approximate surface area is 160 Å². The number of benzene rings is 1. The first-order chi connectivity index (χ1) is 13.0. The summed E-state index contributed by atoms with van der Waals surface area (Å²) in [5.41, 5.74) is 0. The molecule has 27 heavy (non-hydrogen) atoms. The summed E-state index contributed by atoms with van der Waals surface area (Å²) >= 11 is 0. The fourth-order valence-corrected chi connectivity index (χ4v) is 3.15. The lowest BCUT2D eigenvalue weighted by Crippen LogP contribution is -2.47. The number of nitrogens with zero attached hydrogens (tertiary/aromatic N) is 1. The van der Waals surface area contributed by atoms with E-state index in [0.29, 0.717) is 24.9 Å². The van der Waals surface area contributed by atoms with Crippen LogP contribution in [-0.2, 0) is 9.53 Å². The van der Waals surface area contributed by atoms with Gasteiger partial charge in [-0.15, -0.1) is 0 Å². The number of aliphatic imine (C=N–C) groups is 1. The van der Waals surface area contributed by atoms with Crippen molar-refractivity contribution in [1.29, 1.82) is 0 Å². The fraction of sp³-hybridized carbons (Fsp3) is 0.600. The van der Waals surface area contributed by atoms with Crippen LogP contribution in [0.1, 0.15) is 39.5 Å². The molecular formula is C20H30FN3O3. The van der Waals surface area contributed by atoms with Crippen LogP contribution < -0.4 is 15.4 Å². The Kier molecular flexibility index (Phi) is 8.36. The molecule has 0 aliphatic heterocycles. The highest BCUT2D eigenvalue weighted by Gasteiger charge is 2.27. The molecular weight excluding hydrogens is 349 g/mol. The van der Waals surface area contributed by atoms with Crippen molar-refractivity contribution in [2.45, 2.75) is 51.7 Å². The minimum absolute atomic E-state index is 0.0158. The summed E-state index contributed by atoms with van der Waals surface area (Å²) in [6, 6.07) is 6.27. The number of carbonyl (C=O) groups is 1. The Morgan fingerprint density at radius 3 is 2.52 bits per heavy atom. The van der Waals surface area contributed by atoms with Gasteiger partial charge < -0.3 is 20.1 Å². The van der Waals surface area contributed by atoms with Crippen LogP contribution in [0.5, 0.6) is 5.75 Å². The molecule has 0 radical (unpaired) electrons. The van der Waals surface area contributed by atoms with E-state index in [2.05, 4.69) is 15.6 Å². The first-order valence-corrected chi connectivity index (χ1v) is 9.57. The zero-order valence-electron chi connectivity index (χ0n) is 16.3. The van der Waals surface area contributed by atoms with Crippen LogP contribution in [0.4, 0.5) is 4.39 Å². The van der Waals surface area contributed by atoms with Gasteiger partial charge in [-0.05, 0) is 63.8 Å². The van der Waals surface area contributed by atoms with Gasteiger partial charge in [0.05, 0.1) is 19.1 Å². The number of guanidine groups is 1. The Balaban J connectivity index is 1.71. The summed E-state index contributed by atoms with van der Waals surface area (Å²) in [6.07, 6.45) is 3.38. The second kappa shape index (κ2) is 10.7. The highest BCUT2D eigenvalue weighted by molar-refractivity contribution is 5.80. The van der Waals surface area contributed by atoms with Gasteiger partial charge in [0.1, 0.15) is 17.7 Å². The molecule has 1 aliphatic carbocycles. The zero-order valence-corrected chi connectivity index (χ0v) is 16.3. The molecule has 2 rings (SSSR count). The van der Waals surface area contributed by atoms with Gasteiger partial charge in [0, 0.05) is 13.1 Å². The van der Waals surface area contributed by atoms with Crippen LogP contribution >= 0.6 is 0 Å². The van der Waals surface area contributed by atoms with E-state index in [1.807, 2.05) is 13.8 Å². The van der Waals surface area contributed by atoms with E-state index in [-0.39, 0.29) is 29.9 Å². The number of halogens is 1. The number of esters is 1. The molecule has 0 saturated heterocycles. The predicted octanol–water partition coefficient (Wildman–Crippen LogP) is 2.88. The van der Waals surface area contributed by atoms with Crippen LogP contribution in [-0.4, -0.2) is 44.3 Å². The average Bonchev–Trinajstić information content (AvgIpc) is 2.67. The third kappa shape index (κ3) is 7.07. The largest absolute Gasteiger partial charge is 0.489 e. The number of ether oxygens (including phenoxy) is 2. The number of hydrogen-bond donors (Lipinski definition) is 2. The Morgan fingerprint density at radius 1 is 1.26 bits per heavy atom. The second-order valence-electron chi connectivity index (χ2n) is 6.78. The van der Waals surface area contributed by atoms with Gasteiger partial charge in [-0.25, -0.2) is 4.39 Å². The van der Waals surface area contributed by atoms with E-state index in [0.717, 1.165) is 25.7 Å². The molecule has 6 nitrogen and oxygen atoms in total. The molecule has 0 bridgehead atoms. The third-order valence-corrected chi connectivity index (χ3v) is 4.62. The number of nitrogens with one attached hydrogen (secondary N) is 2. The topological polar surface area (TPSA) is 72.0 Å². The minimum Gasteiger partial charge on any atom is -0.489 e. The normalized spacial score (nSPS) is 21.3. The van der Waals surface area contributed by atoms with Gasteiger partial charge >= 0.3 is 5.97 Å². The maximum absolute atomic E-state index is 12.9. The van der Waals surface area contributed by atoms with E-state index in [9.17, 15) is 9.18 Å². The van der Waals surface area contributed by atoms with Crippen LogP contribution in [0.2, 0.25) is 0 Å². The van der Waals surface area contributed by atoms with Crippen molar-refractivity contribution in [2.75, 3.05) is 20.2 Å². The van der Waals surface area contributed by atoms with E-state index in [4.69, 9.17) is 9.47 Å². The molecule has 2 N–H and O–H groups in total. The van der Waals surface area contributed by atoms with Gasteiger partial charge in [0.2, 0.25) is 0 Å². The lowest BCUT2D eigenvalue weighted by molar-refractivity contribution is -0.149. The smallest absolute Gasteiger partial charge is 0.308 e. The Morgan fingerprint density at radius 2 is 1.93 bits per heavy atom. The van der Waals surface area contributed by atoms with Gasteiger partial charge in [-0.2, -0.15) is 0 Å². The predicted molar refractivity (Wildman–Crippen MR) is 103 cm³/mol. The SMILES string of the molecule is CCOC(=O)C1CCC(NC(=NC)NCC(C)Oc2ccc(F)cc2)CC1. The lowest BCUT2D eigenvalue weighted by atomic mass is 9.86. The Hall–Kier alpha value is -2.31. The fourth-order valence-electron chi connectivity index (χ4n) is 3.15. The summed E-state index contributed by atoms with van der Waals surface area (Å²) in [7, 11) is 1.73. The quantitative estimate of drug-likeness (QED) is 0.433. The summed E-state index contributed by atoms with van der Waals surface area (Å²) in [5, 5.41) is 6.66. The maximum atomic E-state index is 12.9. The first kappa shape index (κ1) is 21.0. The molecule has 1 fully saturated rings. The van der Waals surface area contributed by atoms with Crippen molar-refractivity contribution in [3.05, 3.63) is 30.1 Å². The van der Waals surface area contributed by atoms with Crippen LogP contribution in [0, 0.1) is 11.7 Å². The maximum Gasteiger partial charge on any atom is 0.308 e. The molecule has 150 valence electrons. The molecule has 1 saturated carbocycles. The van der Waals surface area contributed by atoms with E-state index in [1.165, 1.54) is 12.1 Å². The zero-order chi connectivity index (χ0) is 19.6. The molecule has 1 aromatic rings. The molecule has 0 aromatic heterocycles. The highest BCUT2D eigenvalue weighted by Crippen LogP contribution is 2.25. The van der Waals surface area contributed by atoms with Gasteiger partial charge in [-0.1, -0.05) is 0 Å². The molecule has 7 heteroatoms. The molecule has 0 amide bonds. The van der Waals surface area contributed by atoms with Gasteiger partial charge in [-0.3, -0.25) is 9.79 Å². The van der Waals surface area contributed by atoms with Crippen molar-refractivity contribution >= 4 is 11.9 Å². The minimum atomic E-state index is -0.282. The van der Waals surface area contributed by atoms with Crippen LogP contribution in [0.25, 0.3) is 0 Å². The molecule has 1 unspecified atom stereocenters. The van der Waals surface area contributed by atoms with Crippen molar-refractivity contribution in [3.63, 3.8) is 0 Å². The summed E-state index contributed by atoms with van der Waals surface area (Å²) < 4.78 is 23.8. The molecule has 1 aliphatic rings. The first-order valence-electron chi connectivity index (χ1n) is 9.57. The summed E-state index contributed by atoms with van der Waals surface area (Å²) in [6.45, 7) is 4.77. The van der Waals surface area contributed by atoms with Gasteiger partial charge in [0.15, 0.2) is 5.96 Å².